The van der Waals surface area contributed by atoms with E-state index >= 15 is 0 Å². The third-order valence-corrected chi connectivity index (χ3v) is 5.54. The minimum atomic E-state index is -3.75. The Hall–Kier alpha value is -1.57. The Kier molecular flexibility index (Phi) is 4.32. The van der Waals surface area contributed by atoms with E-state index in [0.29, 0.717) is 4.34 Å². The van der Waals surface area contributed by atoms with Crippen molar-refractivity contribution in [3.05, 3.63) is 46.3 Å². The van der Waals surface area contributed by atoms with Crippen molar-refractivity contribution < 1.29 is 13.2 Å². The zero-order chi connectivity index (χ0) is 14.8. The summed E-state index contributed by atoms with van der Waals surface area (Å²) < 4.78 is 27.2. The molecule has 0 aliphatic carbocycles. The Morgan fingerprint density at radius 2 is 1.90 bits per heavy atom. The molecule has 8 heteroatoms. The quantitative estimate of drug-likeness (QED) is 0.904. The zero-order valence-electron chi connectivity index (χ0n) is 10.4. The number of para-hydroxylation sites is 1. The predicted octanol–water partition coefficient (Wildman–Crippen LogP) is 2.56. The van der Waals surface area contributed by atoms with Gasteiger partial charge in [0.15, 0.2) is 0 Å². The molecule has 1 heterocycles. The Bertz CT molecular complexity index is 741. The van der Waals surface area contributed by atoms with Crippen LogP contribution in [-0.2, 0) is 10.0 Å². The maximum atomic E-state index is 12.2. The van der Waals surface area contributed by atoms with Crippen LogP contribution in [-0.4, -0.2) is 21.4 Å². The van der Waals surface area contributed by atoms with E-state index in [1.54, 1.807) is 12.1 Å². The first-order valence-corrected chi connectivity index (χ1v) is 8.21. The molecule has 1 aromatic heterocycles. The second-order valence-electron chi connectivity index (χ2n) is 3.79. The average Bonchev–Trinajstić information content (AvgIpc) is 2.86. The molecule has 0 saturated heterocycles. The Labute approximate surface area is 125 Å². The van der Waals surface area contributed by atoms with Gasteiger partial charge in [0, 0.05) is 7.05 Å². The van der Waals surface area contributed by atoms with Crippen LogP contribution in [0.4, 0.5) is 5.69 Å². The highest BCUT2D eigenvalue weighted by atomic mass is 35.5. The van der Waals surface area contributed by atoms with Crippen molar-refractivity contribution in [2.24, 2.45) is 0 Å². The van der Waals surface area contributed by atoms with Gasteiger partial charge in [-0.2, -0.15) is 0 Å². The molecule has 0 unspecified atom stereocenters. The van der Waals surface area contributed by atoms with Crippen LogP contribution in [0, 0.1) is 0 Å². The van der Waals surface area contributed by atoms with Crippen LogP contribution >= 0.6 is 22.9 Å². The maximum Gasteiger partial charge on any atom is 0.271 e. The third kappa shape index (κ3) is 3.12. The van der Waals surface area contributed by atoms with Gasteiger partial charge in [-0.25, -0.2) is 8.42 Å². The fourth-order valence-electron chi connectivity index (χ4n) is 1.54. The molecule has 1 aromatic carbocycles. The summed E-state index contributed by atoms with van der Waals surface area (Å²) in [5.74, 6) is -0.368. The number of amides is 1. The first-order valence-electron chi connectivity index (χ1n) is 5.53. The second-order valence-corrected chi connectivity index (χ2v) is 7.41. The number of benzene rings is 1. The molecule has 0 aliphatic rings. The third-order valence-electron chi connectivity index (χ3n) is 2.46. The van der Waals surface area contributed by atoms with Crippen LogP contribution in [0.25, 0.3) is 0 Å². The smallest absolute Gasteiger partial charge is 0.271 e. The molecular weight excluding hydrogens is 320 g/mol. The summed E-state index contributed by atoms with van der Waals surface area (Å²) in [5, 5.41) is 2.46. The summed E-state index contributed by atoms with van der Waals surface area (Å²) in [5.41, 5.74) is 0.470. The van der Waals surface area contributed by atoms with Gasteiger partial charge in [-0.3, -0.25) is 9.52 Å². The molecule has 20 heavy (non-hydrogen) atoms. The Morgan fingerprint density at radius 3 is 2.50 bits per heavy atom. The number of hydrogen-bond acceptors (Lipinski definition) is 4. The highest BCUT2D eigenvalue weighted by Crippen LogP contribution is 2.28. The molecule has 2 rings (SSSR count). The van der Waals surface area contributed by atoms with Crippen molar-refractivity contribution >= 4 is 44.6 Å². The summed E-state index contributed by atoms with van der Waals surface area (Å²) >= 11 is 6.68. The fourth-order valence-corrected chi connectivity index (χ4v) is 4.10. The van der Waals surface area contributed by atoms with Gasteiger partial charge in [0.05, 0.1) is 15.6 Å². The lowest BCUT2D eigenvalue weighted by atomic mass is 10.2. The van der Waals surface area contributed by atoms with Gasteiger partial charge < -0.3 is 5.32 Å². The number of hydrogen-bond donors (Lipinski definition) is 2. The summed E-state index contributed by atoms with van der Waals surface area (Å²) in [7, 11) is -2.27. The van der Waals surface area contributed by atoms with E-state index in [2.05, 4.69) is 10.0 Å². The number of halogens is 1. The lowest BCUT2D eigenvalue weighted by Gasteiger charge is -2.10. The van der Waals surface area contributed by atoms with Gasteiger partial charge in [-0.15, -0.1) is 11.3 Å². The molecular formula is C12H11ClN2O3S2. The normalized spacial score (nSPS) is 11.1. The van der Waals surface area contributed by atoms with Gasteiger partial charge in [0.1, 0.15) is 4.21 Å². The predicted molar refractivity (Wildman–Crippen MR) is 80.0 cm³/mol. The highest BCUT2D eigenvalue weighted by Gasteiger charge is 2.19. The van der Waals surface area contributed by atoms with Crippen LogP contribution in [0.5, 0.6) is 0 Å². The molecule has 1 amide bonds. The number of rotatable bonds is 4. The average molecular weight is 331 g/mol. The van der Waals surface area contributed by atoms with Crippen molar-refractivity contribution in [2.45, 2.75) is 4.21 Å². The molecule has 2 aromatic rings. The van der Waals surface area contributed by atoms with Crippen molar-refractivity contribution in [1.29, 1.82) is 0 Å². The summed E-state index contributed by atoms with van der Waals surface area (Å²) in [6.45, 7) is 0. The van der Waals surface area contributed by atoms with Gasteiger partial charge >= 0.3 is 0 Å². The Morgan fingerprint density at radius 1 is 1.20 bits per heavy atom. The van der Waals surface area contributed by atoms with Crippen LogP contribution in [0.1, 0.15) is 10.4 Å². The molecule has 0 bridgehead atoms. The van der Waals surface area contributed by atoms with E-state index in [0.717, 1.165) is 11.3 Å². The van der Waals surface area contributed by atoms with Gasteiger partial charge in [0.2, 0.25) is 0 Å². The van der Waals surface area contributed by atoms with Crippen molar-refractivity contribution in [3.8, 4) is 0 Å². The van der Waals surface area contributed by atoms with Crippen molar-refractivity contribution in [2.75, 3.05) is 11.8 Å². The highest BCUT2D eigenvalue weighted by molar-refractivity contribution is 7.94. The molecule has 0 radical (unpaired) electrons. The van der Waals surface area contributed by atoms with E-state index in [1.807, 2.05) is 0 Å². The summed E-state index contributed by atoms with van der Waals surface area (Å²) in [4.78, 5) is 11.7. The fraction of sp³-hybridized carbons (Fsp3) is 0.0833. The van der Waals surface area contributed by atoms with Crippen LogP contribution < -0.4 is 10.0 Å². The molecule has 0 atom stereocenters. The van der Waals surface area contributed by atoms with Crippen molar-refractivity contribution in [3.63, 3.8) is 0 Å². The SMILES string of the molecule is CNC(=O)c1ccccc1NS(=O)(=O)c1ccc(Cl)s1. The van der Waals surface area contributed by atoms with E-state index in [4.69, 9.17) is 11.6 Å². The monoisotopic (exact) mass is 330 g/mol. The molecule has 5 nitrogen and oxygen atoms in total. The molecule has 0 saturated carbocycles. The lowest BCUT2D eigenvalue weighted by molar-refractivity contribution is 0.0964. The van der Waals surface area contributed by atoms with Gasteiger partial charge in [-0.05, 0) is 24.3 Å². The number of thiophene rings is 1. The zero-order valence-corrected chi connectivity index (χ0v) is 12.8. The Balaban J connectivity index is 2.37. The topological polar surface area (TPSA) is 75.3 Å². The summed E-state index contributed by atoms with van der Waals surface area (Å²) in [6, 6.07) is 9.29. The van der Waals surface area contributed by atoms with Crippen LogP contribution in [0.15, 0.2) is 40.6 Å². The number of nitrogens with one attached hydrogen (secondary N) is 2. The van der Waals surface area contributed by atoms with E-state index in [1.165, 1.54) is 31.3 Å². The lowest BCUT2D eigenvalue weighted by Crippen LogP contribution is -2.21. The van der Waals surface area contributed by atoms with Crippen molar-refractivity contribution in [1.82, 2.24) is 5.32 Å². The first kappa shape index (κ1) is 14.8. The first-order chi connectivity index (χ1) is 9.44. The molecule has 106 valence electrons. The van der Waals surface area contributed by atoms with E-state index < -0.39 is 10.0 Å². The second kappa shape index (κ2) is 5.82. The number of carbonyl (C=O) groups is 1. The van der Waals surface area contributed by atoms with Crippen LogP contribution in [0.2, 0.25) is 4.34 Å². The number of anilines is 1. The number of carbonyl (C=O) groups excluding carboxylic acids is 1. The molecule has 0 fully saturated rings. The molecule has 2 N–H and O–H groups in total. The summed E-state index contributed by atoms with van der Waals surface area (Å²) in [6.07, 6.45) is 0. The van der Waals surface area contributed by atoms with E-state index in [9.17, 15) is 13.2 Å². The minimum Gasteiger partial charge on any atom is -0.355 e. The maximum absolute atomic E-state index is 12.2. The van der Waals surface area contributed by atoms with E-state index in [-0.39, 0.29) is 21.4 Å². The standard InChI is InChI=1S/C12H11ClN2O3S2/c1-14-12(16)8-4-2-3-5-9(8)15-20(17,18)11-7-6-10(13)19-11/h2-7,15H,1H3,(H,14,16). The number of sulfonamides is 1. The largest absolute Gasteiger partial charge is 0.355 e. The minimum absolute atomic E-state index is 0.0919. The van der Waals surface area contributed by atoms with Gasteiger partial charge in [-0.1, -0.05) is 23.7 Å². The molecule has 0 aliphatic heterocycles. The molecule has 0 spiro atoms. The van der Waals surface area contributed by atoms with Gasteiger partial charge in [0.25, 0.3) is 15.9 Å². The van der Waals surface area contributed by atoms with Crippen LogP contribution in [0.3, 0.4) is 0 Å².